The van der Waals surface area contributed by atoms with E-state index in [0.29, 0.717) is 0 Å². The van der Waals surface area contributed by atoms with Gasteiger partial charge in [-0.3, -0.25) is 9.97 Å². The molecule has 0 fully saturated rings. The maximum atomic E-state index is 6.62. The third kappa shape index (κ3) is 5.46. The smallest absolute Gasteiger partial charge is 0.259 e. The minimum Gasteiger partial charge on any atom is -0.464 e. The number of imidazole rings is 2. The van der Waals surface area contributed by atoms with E-state index in [9.17, 15) is 0 Å². The minimum atomic E-state index is -0.153. The SMILES string of the molecule is C[n+]1[c-]n(-c2ccc3c(c2)B2c4cc(-c5coc(-c6ccc7c(c6)B6c8cc(-n9[c-][n+](C)c%10nccnc%109)ccc8Sc8cccc(c86)S7)c5)ccc4Oc4cccc(c42)O3)c2nccnc21. The van der Waals surface area contributed by atoms with Crippen LogP contribution in [0.15, 0.2) is 170 Å². The van der Waals surface area contributed by atoms with E-state index in [1.807, 2.05) is 92.5 Å². The third-order valence-corrected chi connectivity index (χ3v) is 15.7. The van der Waals surface area contributed by atoms with E-state index in [0.717, 1.165) is 95.8 Å². The van der Waals surface area contributed by atoms with Crippen LogP contribution in [0.2, 0.25) is 0 Å². The largest absolute Gasteiger partial charge is 0.464 e. The summed E-state index contributed by atoms with van der Waals surface area (Å²) in [7, 11) is 3.89. The first-order valence-electron chi connectivity index (χ1n) is 21.8. The standard InChI is InChI=1S/C52H30B2N8O3S2/c1-59-27-61(51-49(59)55-17-19-57-51)32-11-14-39-35(24-32)53-34-21-29(9-13-38(34)64-40-5-3-6-41(65-39)47(40)53)31-23-42(63-26-31)30-10-15-43-36(22-30)54-37-25-33(62-28-60(2)50-52(62)58-20-18-56-50)12-16-44(37)67-46-8-4-7-45(66-43)48(46)54/h3-26H,1-2H3. The van der Waals surface area contributed by atoms with Crippen molar-refractivity contribution < 1.29 is 23.0 Å². The van der Waals surface area contributed by atoms with Crippen LogP contribution in [0.4, 0.5) is 0 Å². The molecule has 11 aromatic rings. The fourth-order valence-electron chi connectivity index (χ4n) is 10.4. The van der Waals surface area contributed by atoms with Crippen molar-refractivity contribution in [3.05, 3.63) is 159 Å². The first-order valence-corrected chi connectivity index (χ1v) is 23.5. The molecule has 0 radical (unpaired) electrons. The fraction of sp³-hybridized carbons (Fsp3) is 0.0385. The number of fused-ring (bicyclic) bond motifs is 10. The molecule has 0 amide bonds. The quantitative estimate of drug-likeness (QED) is 0.129. The van der Waals surface area contributed by atoms with Crippen LogP contribution in [0.25, 0.3) is 56.4 Å². The molecule has 15 heteroatoms. The normalized spacial score (nSPS) is 13.6. The minimum absolute atomic E-state index is 0.0239. The molecule has 4 aliphatic heterocycles. The van der Waals surface area contributed by atoms with Gasteiger partial charge >= 0.3 is 0 Å². The average Bonchev–Trinajstić information content (AvgIpc) is 4.09. The number of aromatic nitrogens is 8. The Kier molecular flexibility index (Phi) is 7.71. The molecule has 4 aliphatic rings. The molecule has 0 spiro atoms. The Bertz CT molecular complexity index is 3700. The maximum absolute atomic E-state index is 6.62. The second kappa shape index (κ2) is 13.8. The number of nitrogens with zero attached hydrogens (tertiary/aromatic N) is 8. The van der Waals surface area contributed by atoms with Crippen molar-refractivity contribution >= 4 is 92.3 Å². The number of hydrogen-bond donors (Lipinski definition) is 0. The molecule has 11 nitrogen and oxygen atoms in total. The fourth-order valence-corrected chi connectivity index (χ4v) is 12.7. The summed E-state index contributed by atoms with van der Waals surface area (Å²) in [5.41, 5.74) is 14.9. The zero-order valence-corrected chi connectivity index (χ0v) is 37.3. The van der Waals surface area contributed by atoms with Crippen LogP contribution in [-0.4, -0.2) is 42.5 Å². The number of furan rings is 1. The molecular formula is C52H30B2N8O3S2. The highest BCUT2D eigenvalue weighted by molar-refractivity contribution is 8.01. The molecule has 0 atom stereocenters. The van der Waals surface area contributed by atoms with Gasteiger partial charge in [-0.15, -0.1) is 0 Å². The highest BCUT2D eigenvalue weighted by atomic mass is 32.2. The number of benzene rings is 6. The lowest BCUT2D eigenvalue weighted by Gasteiger charge is -2.33. The number of ether oxygens (including phenoxy) is 2. The van der Waals surface area contributed by atoms with Crippen LogP contribution >= 0.6 is 23.5 Å². The molecule has 0 unspecified atom stereocenters. The molecule has 15 rings (SSSR count). The van der Waals surface area contributed by atoms with Gasteiger partial charge in [0.2, 0.25) is 18.0 Å². The van der Waals surface area contributed by atoms with E-state index in [2.05, 4.69) is 118 Å². The van der Waals surface area contributed by atoms with Gasteiger partial charge in [0.1, 0.15) is 52.4 Å². The van der Waals surface area contributed by atoms with Gasteiger partial charge in [0.15, 0.2) is 12.7 Å². The van der Waals surface area contributed by atoms with Crippen LogP contribution in [-0.2, 0) is 14.1 Å². The summed E-state index contributed by atoms with van der Waals surface area (Å²) in [5.74, 6) is 3.98. The molecule has 0 aliphatic carbocycles. The van der Waals surface area contributed by atoms with Crippen molar-refractivity contribution in [2.45, 2.75) is 19.6 Å². The predicted molar refractivity (Wildman–Crippen MR) is 258 cm³/mol. The molecule has 9 heterocycles. The summed E-state index contributed by atoms with van der Waals surface area (Å²) in [5, 5.41) is 0. The Morgan fingerprint density at radius 2 is 1.03 bits per heavy atom. The Labute approximate surface area is 391 Å². The first kappa shape index (κ1) is 37.4. The van der Waals surface area contributed by atoms with Gasteiger partial charge < -0.3 is 32.2 Å². The lowest BCUT2D eigenvalue weighted by atomic mass is 9.34. The predicted octanol–water partition coefficient (Wildman–Crippen LogP) is 5.50. The summed E-state index contributed by atoms with van der Waals surface area (Å²) in [6, 6.07) is 41.0. The third-order valence-electron chi connectivity index (χ3n) is 13.4. The van der Waals surface area contributed by atoms with Crippen LogP contribution < -0.4 is 51.4 Å². The second-order valence-electron chi connectivity index (χ2n) is 17.2. The Morgan fingerprint density at radius 1 is 0.493 bits per heavy atom. The van der Waals surface area contributed by atoms with Gasteiger partial charge in [-0.2, -0.15) is 9.97 Å². The van der Waals surface area contributed by atoms with Crippen molar-refractivity contribution in [2.75, 3.05) is 0 Å². The highest BCUT2D eigenvalue weighted by Gasteiger charge is 2.41. The molecule has 314 valence electrons. The molecule has 0 bridgehead atoms. The Morgan fingerprint density at radius 3 is 1.73 bits per heavy atom. The van der Waals surface area contributed by atoms with Crippen LogP contribution in [0, 0.1) is 12.7 Å². The summed E-state index contributed by atoms with van der Waals surface area (Å²) in [6.45, 7) is -0.129. The monoisotopic (exact) mass is 900 g/mol. The number of hydrogen-bond acceptors (Lipinski definition) is 9. The van der Waals surface area contributed by atoms with Gasteiger partial charge in [-0.1, -0.05) is 101 Å². The topological polar surface area (TPSA) is 101 Å². The van der Waals surface area contributed by atoms with E-state index >= 15 is 0 Å². The zero-order valence-electron chi connectivity index (χ0n) is 35.6. The summed E-state index contributed by atoms with van der Waals surface area (Å²) >= 11 is 3.68. The maximum Gasteiger partial charge on any atom is 0.259 e. The van der Waals surface area contributed by atoms with E-state index in [1.54, 1.807) is 24.8 Å². The molecule has 6 aromatic carbocycles. The average molecular weight is 901 g/mol. The van der Waals surface area contributed by atoms with Crippen molar-refractivity contribution in [1.82, 2.24) is 29.1 Å². The zero-order chi connectivity index (χ0) is 44.1. The van der Waals surface area contributed by atoms with E-state index in [-0.39, 0.29) is 13.4 Å². The van der Waals surface area contributed by atoms with Gasteiger partial charge in [0, 0.05) is 61.6 Å². The van der Waals surface area contributed by atoms with Gasteiger partial charge in [0.25, 0.3) is 6.71 Å². The van der Waals surface area contributed by atoms with Crippen LogP contribution in [0.3, 0.4) is 0 Å². The van der Waals surface area contributed by atoms with E-state index in [1.165, 1.54) is 36.0 Å². The summed E-state index contributed by atoms with van der Waals surface area (Å²) < 4.78 is 27.4. The lowest BCUT2D eigenvalue weighted by molar-refractivity contribution is -0.651. The van der Waals surface area contributed by atoms with Crippen molar-refractivity contribution in [2.24, 2.45) is 14.1 Å². The van der Waals surface area contributed by atoms with Gasteiger partial charge in [-0.25, -0.2) is 0 Å². The molecule has 0 saturated carbocycles. The van der Waals surface area contributed by atoms with Crippen molar-refractivity contribution in [1.29, 1.82) is 0 Å². The molecule has 67 heavy (non-hydrogen) atoms. The Hall–Kier alpha value is -7.87. The van der Waals surface area contributed by atoms with E-state index in [4.69, 9.17) is 13.9 Å². The Balaban J connectivity index is 0.818. The first-order chi connectivity index (χ1) is 33.0. The molecule has 0 N–H and O–H groups in total. The molecule has 0 saturated heterocycles. The summed E-state index contributed by atoms with van der Waals surface area (Å²) in [6.07, 6.45) is 15.6. The lowest BCUT2D eigenvalue weighted by Crippen LogP contribution is -2.58. The highest BCUT2D eigenvalue weighted by Crippen LogP contribution is 2.41. The van der Waals surface area contributed by atoms with Gasteiger partial charge in [0.05, 0.1) is 18.7 Å². The second-order valence-corrected chi connectivity index (χ2v) is 19.3. The molecular weight excluding hydrogens is 870 g/mol. The van der Waals surface area contributed by atoms with E-state index < -0.39 is 0 Å². The number of aryl methyl sites for hydroxylation is 2. The van der Waals surface area contributed by atoms with Crippen molar-refractivity contribution in [3.63, 3.8) is 0 Å². The number of rotatable bonds is 4. The van der Waals surface area contributed by atoms with Crippen LogP contribution in [0.1, 0.15) is 0 Å². The molecule has 5 aromatic heterocycles. The summed E-state index contributed by atoms with van der Waals surface area (Å²) in [4.78, 5) is 23.5. The van der Waals surface area contributed by atoms with Crippen LogP contribution in [0.5, 0.6) is 23.0 Å². The van der Waals surface area contributed by atoms with Gasteiger partial charge in [-0.05, 0) is 70.5 Å². The van der Waals surface area contributed by atoms with Crippen molar-refractivity contribution in [3.8, 4) is 56.8 Å².